The van der Waals surface area contributed by atoms with Crippen molar-refractivity contribution in [1.82, 2.24) is 4.98 Å². The van der Waals surface area contributed by atoms with E-state index in [0.717, 1.165) is 0 Å². The molecular formula is C10H15N3O3. The maximum absolute atomic E-state index is 10.8. The van der Waals surface area contributed by atoms with Gasteiger partial charge in [-0.15, -0.1) is 0 Å². The van der Waals surface area contributed by atoms with Crippen molar-refractivity contribution in [3.8, 4) is 0 Å². The van der Waals surface area contributed by atoms with Gasteiger partial charge in [0.05, 0.1) is 11.5 Å². The maximum atomic E-state index is 10.8. The normalized spacial score (nSPS) is 10.5. The zero-order chi connectivity index (χ0) is 12.1. The highest BCUT2D eigenvalue weighted by atomic mass is 16.6. The molecule has 88 valence electrons. The van der Waals surface area contributed by atoms with Crippen LogP contribution < -0.4 is 4.90 Å². The number of nitrogens with zero attached hydrogens (tertiary/aromatic N) is 3. The molecule has 0 amide bonds. The van der Waals surface area contributed by atoms with Crippen molar-refractivity contribution >= 4 is 11.4 Å². The van der Waals surface area contributed by atoms with Crippen LogP contribution in [0.4, 0.5) is 11.4 Å². The second kappa shape index (κ2) is 5.41. The summed E-state index contributed by atoms with van der Waals surface area (Å²) in [5, 5.41) is 19.8. The van der Waals surface area contributed by atoms with Crippen molar-refractivity contribution in [2.45, 2.75) is 19.9 Å². The van der Waals surface area contributed by atoms with E-state index in [4.69, 9.17) is 5.11 Å². The van der Waals surface area contributed by atoms with Gasteiger partial charge in [0.2, 0.25) is 0 Å². The Morgan fingerprint density at radius 1 is 1.62 bits per heavy atom. The van der Waals surface area contributed by atoms with E-state index in [1.807, 2.05) is 13.8 Å². The monoisotopic (exact) mass is 225 g/mol. The van der Waals surface area contributed by atoms with Crippen molar-refractivity contribution in [2.24, 2.45) is 0 Å². The SMILES string of the molecule is CC(C)N(CCO)c1ccncc1[N+](=O)[O-]. The van der Waals surface area contributed by atoms with Crippen LogP contribution in [-0.2, 0) is 0 Å². The second-order valence-corrected chi connectivity index (χ2v) is 3.63. The summed E-state index contributed by atoms with van der Waals surface area (Å²) in [6.07, 6.45) is 2.73. The summed E-state index contributed by atoms with van der Waals surface area (Å²) in [4.78, 5) is 15.9. The zero-order valence-corrected chi connectivity index (χ0v) is 9.33. The molecule has 0 aliphatic rings. The van der Waals surface area contributed by atoms with E-state index < -0.39 is 4.92 Å². The Balaban J connectivity index is 3.12. The van der Waals surface area contributed by atoms with Gasteiger partial charge in [0.25, 0.3) is 0 Å². The van der Waals surface area contributed by atoms with Crippen LogP contribution in [0, 0.1) is 10.1 Å². The Bertz CT molecular complexity index is 368. The minimum absolute atomic E-state index is 0.0374. The summed E-state index contributed by atoms with van der Waals surface area (Å²) in [6.45, 7) is 4.15. The smallest absolute Gasteiger partial charge is 0.310 e. The van der Waals surface area contributed by atoms with Crippen molar-refractivity contribution in [3.05, 3.63) is 28.6 Å². The molecule has 0 saturated carbocycles. The quantitative estimate of drug-likeness (QED) is 0.601. The molecule has 1 N–H and O–H groups in total. The number of rotatable bonds is 5. The third kappa shape index (κ3) is 2.66. The second-order valence-electron chi connectivity index (χ2n) is 3.63. The van der Waals surface area contributed by atoms with Crippen LogP contribution in [0.25, 0.3) is 0 Å². The first-order valence-corrected chi connectivity index (χ1v) is 5.03. The molecule has 6 nitrogen and oxygen atoms in total. The summed E-state index contributed by atoms with van der Waals surface area (Å²) in [7, 11) is 0. The molecule has 16 heavy (non-hydrogen) atoms. The Hall–Kier alpha value is -1.69. The van der Waals surface area contributed by atoms with Gasteiger partial charge in [-0.2, -0.15) is 0 Å². The average molecular weight is 225 g/mol. The molecule has 0 aromatic carbocycles. The lowest BCUT2D eigenvalue weighted by Gasteiger charge is -2.27. The lowest BCUT2D eigenvalue weighted by Crippen LogP contribution is -2.33. The Labute approximate surface area is 93.7 Å². The van der Waals surface area contributed by atoms with E-state index in [9.17, 15) is 10.1 Å². The van der Waals surface area contributed by atoms with Crippen LogP contribution in [0.15, 0.2) is 18.5 Å². The molecule has 1 rings (SSSR count). The molecule has 1 aromatic heterocycles. The molecule has 0 atom stereocenters. The van der Waals surface area contributed by atoms with Gasteiger partial charge >= 0.3 is 5.69 Å². The number of hydrogen-bond donors (Lipinski definition) is 1. The Morgan fingerprint density at radius 2 is 2.31 bits per heavy atom. The maximum Gasteiger partial charge on any atom is 0.310 e. The zero-order valence-electron chi connectivity index (χ0n) is 9.33. The van der Waals surface area contributed by atoms with Gasteiger partial charge in [0.1, 0.15) is 11.9 Å². The number of anilines is 1. The first kappa shape index (κ1) is 12.4. The van der Waals surface area contributed by atoms with Crippen LogP contribution >= 0.6 is 0 Å². The molecule has 0 unspecified atom stereocenters. The largest absolute Gasteiger partial charge is 0.395 e. The van der Waals surface area contributed by atoms with Crippen molar-refractivity contribution in [3.63, 3.8) is 0 Å². The van der Waals surface area contributed by atoms with Crippen LogP contribution in [0.1, 0.15) is 13.8 Å². The molecule has 1 aromatic rings. The molecule has 0 spiro atoms. The summed E-state index contributed by atoms with van der Waals surface area (Å²) in [6, 6.07) is 1.67. The average Bonchev–Trinajstić information content (AvgIpc) is 2.25. The number of aliphatic hydroxyl groups excluding tert-OH is 1. The molecule has 1 heterocycles. The van der Waals surface area contributed by atoms with E-state index in [-0.39, 0.29) is 18.3 Å². The van der Waals surface area contributed by atoms with Crippen molar-refractivity contribution < 1.29 is 10.0 Å². The first-order chi connectivity index (χ1) is 7.57. The third-order valence-corrected chi connectivity index (χ3v) is 2.25. The highest BCUT2D eigenvalue weighted by Gasteiger charge is 2.20. The van der Waals surface area contributed by atoms with Gasteiger partial charge in [0, 0.05) is 18.8 Å². The Kier molecular flexibility index (Phi) is 4.19. The summed E-state index contributed by atoms with van der Waals surface area (Å²) in [5.41, 5.74) is 0.453. The highest BCUT2D eigenvalue weighted by molar-refractivity contribution is 5.62. The number of aliphatic hydroxyl groups is 1. The minimum Gasteiger partial charge on any atom is -0.395 e. The van der Waals surface area contributed by atoms with E-state index in [1.54, 1.807) is 11.0 Å². The number of aromatic nitrogens is 1. The van der Waals surface area contributed by atoms with Gasteiger partial charge in [-0.05, 0) is 19.9 Å². The van der Waals surface area contributed by atoms with Gasteiger partial charge in [-0.1, -0.05) is 0 Å². The molecule has 0 bridgehead atoms. The van der Waals surface area contributed by atoms with Gasteiger partial charge in [0.15, 0.2) is 0 Å². The van der Waals surface area contributed by atoms with Gasteiger partial charge in [-0.25, -0.2) is 0 Å². The van der Waals surface area contributed by atoms with E-state index in [0.29, 0.717) is 12.2 Å². The fourth-order valence-electron chi connectivity index (χ4n) is 1.53. The number of hydrogen-bond acceptors (Lipinski definition) is 5. The minimum atomic E-state index is -0.463. The topological polar surface area (TPSA) is 79.5 Å². The molecule has 0 aliphatic carbocycles. The predicted molar refractivity (Wildman–Crippen MR) is 60.5 cm³/mol. The molecule has 0 fully saturated rings. The van der Waals surface area contributed by atoms with Gasteiger partial charge in [-0.3, -0.25) is 15.1 Å². The number of nitro groups is 1. The fourth-order valence-corrected chi connectivity index (χ4v) is 1.53. The molecule has 6 heteroatoms. The summed E-state index contributed by atoms with van der Waals surface area (Å²) in [5.74, 6) is 0. The molecule has 0 saturated heterocycles. The van der Waals surface area contributed by atoms with Crippen LogP contribution in [0.2, 0.25) is 0 Å². The van der Waals surface area contributed by atoms with Crippen molar-refractivity contribution in [2.75, 3.05) is 18.1 Å². The van der Waals surface area contributed by atoms with Crippen LogP contribution in [0.5, 0.6) is 0 Å². The number of pyridine rings is 1. The predicted octanol–water partition coefficient (Wildman–Crippen LogP) is 1.20. The summed E-state index contributed by atoms with van der Waals surface area (Å²) >= 11 is 0. The van der Waals surface area contributed by atoms with Crippen LogP contribution in [-0.4, -0.2) is 34.2 Å². The van der Waals surface area contributed by atoms with Gasteiger partial charge < -0.3 is 10.0 Å². The third-order valence-electron chi connectivity index (χ3n) is 2.25. The highest BCUT2D eigenvalue weighted by Crippen LogP contribution is 2.27. The molecule has 0 radical (unpaired) electrons. The standard InChI is InChI=1S/C10H15N3O3/c1-8(2)12(5-6-14)9-3-4-11-7-10(9)13(15)16/h3-4,7-8,14H,5-6H2,1-2H3. The van der Waals surface area contributed by atoms with E-state index >= 15 is 0 Å². The Morgan fingerprint density at radius 3 is 2.81 bits per heavy atom. The molecule has 0 aliphatic heterocycles. The lowest BCUT2D eigenvalue weighted by atomic mass is 10.2. The van der Waals surface area contributed by atoms with E-state index in [2.05, 4.69) is 4.98 Å². The summed E-state index contributed by atoms with van der Waals surface area (Å²) < 4.78 is 0. The first-order valence-electron chi connectivity index (χ1n) is 5.03. The molecular weight excluding hydrogens is 210 g/mol. The lowest BCUT2D eigenvalue weighted by molar-refractivity contribution is -0.384. The van der Waals surface area contributed by atoms with E-state index in [1.165, 1.54) is 12.4 Å². The fraction of sp³-hybridized carbons (Fsp3) is 0.500. The van der Waals surface area contributed by atoms with Crippen LogP contribution in [0.3, 0.4) is 0 Å². The van der Waals surface area contributed by atoms with Crippen molar-refractivity contribution in [1.29, 1.82) is 0 Å².